The van der Waals surface area contributed by atoms with E-state index in [0.29, 0.717) is 29.5 Å². The Balaban J connectivity index is 2.57. The van der Waals surface area contributed by atoms with Crippen LogP contribution in [0.1, 0.15) is 39.4 Å². The highest BCUT2D eigenvalue weighted by Gasteiger charge is 2.12. The van der Waals surface area contributed by atoms with Gasteiger partial charge in [0.15, 0.2) is 0 Å². The van der Waals surface area contributed by atoms with E-state index in [1.54, 1.807) is 25.1 Å². The Kier molecular flexibility index (Phi) is 5.45. The summed E-state index contributed by atoms with van der Waals surface area (Å²) in [5.74, 6) is 0.645. The summed E-state index contributed by atoms with van der Waals surface area (Å²) in [5, 5.41) is 10.2. The Bertz CT molecular complexity index is 383. The Hall–Kier alpha value is -0.770. The van der Waals surface area contributed by atoms with Gasteiger partial charge in [0.2, 0.25) is 0 Å². The molecule has 1 unspecified atom stereocenters. The minimum Gasteiger partial charge on any atom is -0.491 e. The van der Waals surface area contributed by atoms with Gasteiger partial charge in [-0.25, -0.2) is 0 Å². The van der Waals surface area contributed by atoms with Crippen LogP contribution in [0.2, 0.25) is 5.02 Å². The molecule has 18 heavy (non-hydrogen) atoms. The van der Waals surface area contributed by atoms with Crippen molar-refractivity contribution in [1.82, 2.24) is 0 Å². The number of benzene rings is 1. The summed E-state index contributed by atoms with van der Waals surface area (Å²) >= 11 is 5.89. The van der Waals surface area contributed by atoms with Crippen LogP contribution < -0.4 is 4.74 Å². The van der Waals surface area contributed by atoms with Gasteiger partial charge in [0, 0.05) is 10.6 Å². The lowest BCUT2D eigenvalue weighted by atomic mass is 10.1. The van der Waals surface area contributed by atoms with Crippen LogP contribution in [0.3, 0.4) is 0 Å². The number of halogens is 1. The normalized spacial score (nSPS) is 13.4. The first kappa shape index (κ1) is 15.3. The van der Waals surface area contributed by atoms with Crippen LogP contribution in [0.4, 0.5) is 0 Å². The van der Waals surface area contributed by atoms with Crippen molar-refractivity contribution in [3.63, 3.8) is 0 Å². The predicted molar refractivity (Wildman–Crippen MR) is 73.3 cm³/mol. The summed E-state index contributed by atoms with van der Waals surface area (Å²) in [7, 11) is 0. The van der Waals surface area contributed by atoms with Gasteiger partial charge in [-0.3, -0.25) is 0 Å². The highest BCUT2D eigenvalue weighted by molar-refractivity contribution is 6.30. The van der Waals surface area contributed by atoms with Crippen LogP contribution in [0.15, 0.2) is 18.2 Å². The van der Waals surface area contributed by atoms with Crippen molar-refractivity contribution >= 4 is 11.6 Å². The molecule has 0 aliphatic rings. The molecule has 3 nitrogen and oxygen atoms in total. The maximum Gasteiger partial charge on any atom is 0.125 e. The minimum atomic E-state index is -0.609. The summed E-state index contributed by atoms with van der Waals surface area (Å²) in [5.41, 5.74) is 0.523. The maximum absolute atomic E-state index is 9.64. The average molecular weight is 273 g/mol. The van der Waals surface area contributed by atoms with E-state index < -0.39 is 6.10 Å². The largest absolute Gasteiger partial charge is 0.491 e. The molecule has 1 aromatic rings. The van der Waals surface area contributed by atoms with Gasteiger partial charge in [-0.2, -0.15) is 0 Å². The highest BCUT2D eigenvalue weighted by atomic mass is 35.5. The van der Waals surface area contributed by atoms with Crippen LogP contribution in [0.5, 0.6) is 5.75 Å². The molecule has 4 heteroatoms. The number of rotatable bonds is 5. The molecule has 0 heterocycles. The SMILES string of the molecule is CC(O)c1cc(Cl)ccc1OCCOC(C)(C)C. The Morgan fingerprint density at radius 2 is 1.94 bits per heavy atom. The van der Waals surface area contributed by atoms with Crippen LogP contribution in [0.25, 0.3) is 0 Å². The van der Waals surface area contributed by atoms with E-state index in [9.17, 15) is 5.11 Å². The van der Waals surface area contributed by atoms with Gasteiger partial charge < -0.3 is 14.6 Å². The van der Waals surface area contributed by atoms with E-state index in [1.165, 1.54) is 0 Å². The van der Waals surface area contributed by atoms with Crippen molar-refractivity contribution in [2.45, 2.75) is 39.4 Å². The molecule has 1 aromatic carbocycles. The summed E-state index contributed by atoms with van der Waals surface area (Å²) in [6.07, 6.45) is -0.609. The molecular weight excluding hydrogens is 252 g/mol. The zero-order valence-electron chi connectivity index (χ0n) is 11.4. The lowest BCUT2D eigenvalue weighted by Gasteiger charge is -2.20. The summed E-state index contributed by atoms with van der Waals surface area (Å²) in [6.45, 7) is 8.62. The van der Waals surface area contributed by atoms with Gasteiger partial charge in [-0.15, -0.1) is 0 Å². The molecule has 1 atom stereocenters. The Morgan fingerprint density at radius 3 is 2.50 bits per heavy atom. The molecule has 0 saturated carbocycles. The molecular formula is C14H21ClO3. The molecule has 0 amide bonds. The molecule has 0 aliphatic heterocycles. The molecule has 0 saturated heterocycles. The Morgan fingerprint density at radius 1 is 1.28 bits per heavy atom. The van der Waals surface area contributed by atoms with E-state index >= 15 is 0 Å². The zero-order valence-corrected chi connectivity index (χ0v) is 12.1. The van der Waals surface area contributed by atoms with Crippen molar-refractivity contribution in [1.29, 1.82) is 0 Å². The van der Waals surface area contributed by atoms with Crippen LogP contribution in [0, 0.1) is 0 Å². The van der Waals surface area contributed by atoms with Gasteiger partial charge in [0.05, 0.1) is 18.3 Å². The van der Waals surface area contributed by atoms with Crippen molar-refractivity contribution in [2.75, 3.05) is 13.2 Å². The maximum atomic E-state index is 9.64. The van der Waals surface area contributed by atoms with Gasteiger partial charge in [-0.05, 0) is 45.9 Å². The first-order chi connectivity index (χ1) is 8.29. The number of ether oxygens (including phenoxy) is 2. The molecule has 1 rings (SSSR count). The van der Waals surface area contributed by atoms with Gasteiger partial charge >= 0.3 is 0 Å². The topological polar surface area (TPSA) is 38.7 Å². The molecule has 0 aromatic heterocycles. The third-order valence-corrected chi connectivity index (χ3v) is 2.53. The second-order valence-electron chi connectivity index (χ2n) is 5.17. The fourth-order valence-corrected chi connectivity index (χ4v) is 1.66. The van der Waals surface area contributed by atoms with E-state index in [0.717, 1.165) is 0 Å². The minimum absolute atomic E-state index is 0.170. The number of hydrogen-bond donors (Lipinski definition) is 1. The van der Waals surface area contributed by atoms with Crippen molar-refractivity contribution in [3.05, 3.63) is 28.8 Å². The summed E-state index contributed by atoms with van der Waals surface area (Å²) in [6, 6.07) is 5.22. The summed E-state index contributed by atoms with van der Waals surface area (Å²) < 4.78 is 11.2. The van der Waals surface area contributed by atoms with Gasteiger partial charge in [-0.1, -0.05) is 11.6 Å². The van der Waals surface area contributed by atoms with Crippen LogP contribution in [-0.4, -0.2) is 23.9 Å². The zero-order chi connectivity index (χ0) is 13.8. The van der Waals surface area contributed by atoms with Crippen LogP contribution in [-0.2, 0) is 4.74 Å². The number of aliphatic hydroxyl groups is 1. The lowest BCUT2D eigenvalue weighted by molar-refractivity contribution is -0.0166. The van der Waals surface area contributed by atoms with E-state index in [-0.39, 0.29) is 5.60 Å². The molecule has 1 N–H and O–H groups in total. The average Bonchev–Trinajstić information content (AvgIpc) is 2.24. The number of hydrogen-bond acceptors (Lipinski definition) is 3. The molecule has 0 fully saturated rings. The fraction of sp³-hybridized carbons (Fsp3) is 0.571. The van der Waals surface area contributed by atoms with Crippen molar-refractivity contribution in [3.8, 4) is 5.75 Å². The third-order valence-electron chi connectivity index (χ3n) is 2.30. The van der Waals surface area contributed by atoms with E-state index in [4.69, 9.17) is 21.1 Å². The standard InChI is InChI=1S/C14H21ClO3/c1-10(16)12-9-11(15)5-6-13(12)17-7-8-18-14(2,3)4/h5-6,9-10,16H,7-8H2,1-4H3. The van der Waals surface area contributed by atoms with Gasteiger partial charge in [0.25, 0.3) is 0 Å². The predicted octanol–water partition coefficient (Wildman–Crippen LogP) is 3.59. The quantitative estimate of drug-likeness (QED) is 0.833. The molecule has 102 valence electrons. The van der Waals surface area contributed by atoms with E-state index in [1.807, 2.05) is 20.8 Å². The van der Waals surface area contributed by atoms with Crippen molar-refractivity contribution in [2.24, 2.45) is 0 Å². The highest BCUT2D eigenvalue weighted by Crippen LogP contribution is 2.28. The first-order valence-corrected chi connectivity index (χ1v) is 6.41. The van der Waals surface area contributed by atoms with E-state index in [2.05, 4.69) is 0 Å². The molecule has 0 spiro atoms. The fourth-order valence-electron chi connectivity index (χ4n) is 1.48. The molecule has 0 bridgehead atoms. The lowest BCUT2D eigenvalue weighted by Crippen LogP contribution is -2.22. The Labute approximate surface area is 114 Å². The number of aliphatic hydroxyl groups excluding tert-OH is 1. The molecule has 0 aliphatic carbocycles. The second-order valence-corrected chi connectivity index (χ2v) is 5.60. The monoisotopic (exact) mass is 272 g/mol. The van der Waals surface area contributed by atoms with Crippen molar-refractivity contribution < 1.29 is 14.6 Å². The van der Waals surface area contributed by atoms with Crippen LogP contribution >= 0.6 is 11.6 Å². The third kappa shape index (κ3) is 5.25. The summed E-state index contributed by atoms with van der Waals surface area (Å²) in [4.78, 5) is 0. The smallest absolute Gasteiger partial charge is 0.125 e. The first-order valence-electron chi connectivity index (χ1n) is 6.04. The molecule has 0 radical (unpaired) electrons. The van der Waals surface area contributed by atoms with Gasteiger partial charge in [0.1, 0.15) is 12.4 Å². The second kappa shape index (κ2) is 6.41.